The molecule has 2 saturated heterocycles. The number of carbonyl (C=O) groups is 1. The van der Waals surface area contributed by atoms with E-state index in [1.165, 1.54) is 11.3 Å². The van der Waals surface area contributed by atoms with Crippen molar-refractivity contribution in [3.63, 3.8) is 0 Å². The van der Waals surface area contributed by atoms with E-state index in [0.29, 0.717) is 22.2 Å². The second-order valence-electron chi connectivity index (χ2n) is 10.1. The Morgan fingerprint density at radius 3 is 2.60 bits per heavy atom. The monoisotopic (exact) mass is 557 g/mol. The van der Waals surface area contributed by atoms with E-state index in [4.69, 9.17) is 19.8 Å². The van der Waals surface area contributed by atoms with E-state index in [1.807, 2.05) is 59.8 Å². The molecule has 6 rings (SSSR count). The van der Waals surface area contributed by atoms with Gasteiger partial charge in [-0.2, -0.15) is 9.78 Å². The number of aryl methyl sites for hydroxylation is 2. The summed E-state index contributed by atoms with van der Waals surface area (Å²) >= 11 is 1.37. The van der Waals surface area contributed by atoms with E-state index >= 15 is 0 Å². The molecule has 2 fully saturated rings. The van der Waals surface area contributed by atoms with Crippen LogP contribution in [0.25, 0.3) is 16.9 Å². The number of hydrogen-bond acceptors (Lipinski definition) is 10. The van der Waals surface area contributed by atoms with Gasteiger partial charge in [-0.25, -0.2) is 14.8 Å². The lowest BCUT2D eigenvalue weighted by molar-refractivity contribution is 0.106. The Hall–Kier alpha value is -4.21. The molecule has 2 aliphatic heterocycles. The van der Waals surface area contributed by atoms with Gasteiger partial charge in [-0.15, -0.1) is 5.10 Å². The van der Waals surface area contributed by atoms with Gasteiger partial charge in [0.2, 0.25) is 0 Å². The van der Waals surface area contributed by atoms with Crippen LogP contribution < -0.4 is 15.1 Å². The lowest BCUT2D eigenvalue weighted by atomic mass is 10.1. The van der Waals surface area contributed by atoms with Crippen molar-refractivity contribution in [2.24, 2.45) is 0 Å². The predicted molar refractivity (Wildman–Crippen MR) is 154 cm³/mol. The normalized spacial score (nSPS) is 17.6. The summed E-state index contributed by atoms with van der Waals surface area (Å²) in [5.41, 5.74) is 4.47. The molecule has 206 valence electrons. The lowest BCUT2D eigenvalue weighted by Gasteiger charge is -2.36. The fraction of sp³-hybridized carbons (Fsp3) is 0.393. The summed E-state index contributed by atoms with van der Waals surface area (Å²) in [6, 6.07) is 14.4. The van der Waals surface area contributed by atoms with Crippen LogP contribution in [0.1, 0.15) is 23.1 Å². The number of carbonyl (C=O) groups excluding carboxylic acids is 1. The number of aromatic nitrogens is 4. The molecule has 4 aromatic rings. The number of hydrogen-bond donors (Lipinski definition) is 1. The molecule has 0 aliphatic carbocycles. The van der Waals surface area contributed by atoms with Gasteiger partial charge in [0, 0.05) is 45.3 Å². The third-order valence-electron chi connectivity index (χ3n) is 7.40. The van der Waals surface area contributed by atoms with Crippen LogP contribution in [0.2, 0.25) is 0 Å². The molecule has 1 atom stereocenters. The minimum absolute atomic E-state index is 0.0935. The van der Waals surface area contributed by atoms with Crippen LogP contribution in [0.5, 0.6) is 0 Å². The number of anilines is 3. The van der Waals surface area contributed by atoms with E-state index in [1.54, 1.807) is 0 Å². The minimum atomic E-state index is -0.332. The number of imidazole rings is 1. The summed E-state index contributed by atoms with van der Waals surface area (Å²) in [5, 5.41) is 18.3. The van der Waals surface area contributed by atoms with Crippen LogP contribution >= 0.6 is 11.3 Å². The highest BCUT2D eigenvalue weighted by Crippen LogP contribution is 2.36. The average Bonchev–Trinajstić information content (AvgIpc) is 3.69. The second kappa shape index (κ2) is 10.7. The highest BCUT2D eigenvalue weighted by Gasteiger charge is 2.28. The zero-order valence-electron chi connectivity index (χ0n) is 22.8. The van der Waals surface area contributed by atoms with Crippen molar-refractivity contribution in [1.29, 1.82) is 5.26 Å². The van der Waals surface area contributed by atoms with Crippen LogP contribution in [0.4, 0.5) is 21.6 Å². The van der Waals surface area contributed by atoms with E-state index in [9.17, 15) is 10.1 Å². The average molecular weight is 558 g/mol. The van der Waals surface area contributed by atoms with Gasteiger partial charge < -0.3 is 19.9 Å². The Balaban J connectivity index is 1.26. The number of amides is 1. The van der Waals surface area contributed by atoms with Gasteiger partial charge in [0.05, 0.1) is 12.2 Å². The number of piperazine rings is 1. The highest BCUT2D eigenvalue weighted by molar-refractivity contribution is 7.16. The Labute approximate surface area is 236 Å². The van der Waals surface area contributed by atoms with Gasteiger partial charge in [-0.1, -0.05) is 48.1 Å². The number of alkyl carbamates (subject to hydrolysis) is 1. The smallest absolute Gasteiger partial charge is 0.407 e. The number of rotatable bonds is 7. The van der Waals surface area contributed by atoms with Crippen molar-refractivity contribution in [1.82, 2.24) is 29.8 Å². The first kappa shape index (κ1) is 26.0. The molecule has 1 unspecified atom stereocenters. The molecule has 3 aromatic heterocycles. The Morgan fingerprint density at radius 2 is 1.93 bits per heavy atom. The van der Waals surface area contributed by atoms with E-state index in [2.05, 4.69) is 28.1 Å². The zero-order valence-corrected chi connectivity index (χ0v) is 23.6. The molecule has 40 heavy (non-hydrogen) atoms. The van der Waals surface area contributed by atoms with Crippen molar-refractivity contribution < 1.29 is 9.53 Å². The van der Waals surface area contributed by atoms with Gasteiger partial charge >= 0.3 is 6.09 Å². The van der Waals surface area contributed by atoms with Gasteiger partial charge in [0.25, 0.3) is 0 Å². The maximum absolute atomic E-state index is 11.3. The topological polar surface area (TPSA) is 115 Å². The number of nitrogens with one attached hydrogen (secondary N) is 1. The Morgan fingerprint density at radius 1 is 1.15 bits per heavy atom. The summed E-state index contributed by atoms with van der Waals surface area (Å²) in [7, 11) is 1.96. The molecule has 12 heteroatoms. The maximum atomic E-state index is 11.3. The van der Waals surface area contributed by atoms with Gasteiger partial charge in [-0.05, 0) is 25.5 Å². The molecule has 1 aromatic carbocycles. The third kappa shape index (κ3) is 4.94. The van der Waals surface area contributed by atoms with Crippen LogP contribution in [-0.2, 0) is 11.2 Å². The third-order valence-corrected chi connectivity index (χ3v) is 8.43. The van der Waals surface area contributed by atoms with Gasteiger partial charge in [0.15, 0.2) is 16.6 Å². The summed E-state index contributed by atoms with van der Waals surface area (Å²) in [6.45, 7) is 8.80. The number of thiazole rings is 1. The quantitative estimate of drug-likeness (QED) is 0.364. The number of benzene rings is 1. The first-order chi connectivity index (χ1) is 19.4. The first-order valence-corrected chi connectivity index (χ1v) is 14.3. The van der Waals surface area contributed by atoms with Crippen molar-refractivity contribution >= 4 is 39.8 Å². The molecule has 0 radical (unpaired) electrons. The fourth-order valence-electron chi connectivity index (χ4n) is 5.21. The largest absolute Gasteiger partial charge is 0.443 e. The van der Waals surface area contributed by atoms with Crippen molar-refractivity contribution in [3.8, 4) is 17.3 Å². The maximum Gasteiger partial charge on any atom is 0.407 e. The zero-order chi connectivity index (χ0) is 27.8. The molecule has 1 N–H and O–H groups in total. The minimum Gasteiger partial charge on any atom is -0.443 e. The fourth-order valence-corrected chi connectivity index (χ4v) is 6.05. The molecule has 0 bridgehead atoms. The molecule has 11 nitrogen and oxygen atoms in total. The number of nitrogens with zero attached hydrogens (tertiary/aromatic N) is 8. The van der Waals surface area contributed by atoms with Crippen LogP contribution in [0, 0.1) is 18.3 Å². The SMILES string of the molecule is CCc1nc2ccc(N3CCN(CC4CNC(=O)O4)CC3)nn2c1N(C)c1nc(-c2ccc(C)cc2)c(C#N)s1. The Bertz CT molecular complexity index is 1580. The summed E-state index contributed by atoms with van der Waals surface area (Å²) in [4.78, 5) is 28.3. The predicted octanol–water partition coefficient (Wildman–Crippen LogP) is 3.59. The number of fused-ring (bicyclic) bond motifs is 1. The molecule has 0 saturated carbocycles. The van der Waals surface area contributed by atoms with Crippen LogP contribution in [0.3, 0.4) is 0 Å². The second-order valence-corrected chi connectivity index (χ2v) is 11.1. The van der Waals surface area contributed by atoms with Crippen molar-refractivity contribution in [3.05, 3.63) is 52.5 Å². The van der Waals surface area contributed by atoms with E-state index < -0.39 is 0 Å². The van der Waals surface area contributed by atoms with Crippen LogP contribution in [-0.4, -0.2) is 83.0 Å². The lowest BCUT2D eigenvalue weighted by Crippen LogP contribution is -2.49. The van der Waals surface area contributed by atoms with E-state index in [0.717, 1.165) is 73.2 Å². The summed E-state index contributed by atoms with van der Waals surface area (Å²) in [5.74, 6) is 1.73. The molecular formula is C28H31N9O2S. The van der Waals surface area contributed by atoms with Gasteiger partial charge in [0.1, 0.15) is 28.6 Å². The van der Waals surface area contributed by atoms with Crippen molar-refractivity contribution in [2.45, 2.75) is 26.4 Å². The first-order valence-electron chi connectivity index (χ1n) is 13.5. The molecular weight excluding hydrogens is 526 g/mol. The molecule has 2 aliphatic rings. The summed E-state index contributed by atoms with van der Waals surface area (Å²) in [6.07, 6.45) is 0.310. The molecule has 5 heterocycles. The van der Waals surface area contributed by atoms with Gasteiger partial charge in [-0.3, -0.25) is 4.90 Å². The standard InChI is InChI=1S/C28H31N9O2S/c1-4-21-26(34(3)27-32-25(22(15-29)40-27)19-7-5-18(2)6-8-19)37-23(31-21)9-10-24(33-37)36-13-11-35(12-14-36)17-20-16-30-28(38)39-20/h5-10,20H,4,11-14,16-17H2,1-3H3,(H,30,38). The Kier molecular flexibility index (Phi) is 7.00. The number of nitriles is 1. The highest BCUT2D eigenvalue weighted by atomic mass is 32.1. The molecule has 1 amide bonds. The number of ether oxygens (including phenoxy) is 1. The van der Waals surface area contributed by atoms with Crippen LogP contribution in [0.15, 0.2) is 36.4 Å². The summed E-state index contributed by atoms with van der Waals surface area (Å²) < 4.78 is 7.19. The van der Waals surface area contributed by atoms with E-state index in [-0.39, 0.29) is 12.2 Å². The molecule has 0 spiro atoms. The number of cyclic esters (lactones) is 1. The van der Waals surface area contributed by atoms with Crippen molar-refractivity contribution in [2.75, 3.05) is 56.1 Å².